The molecule has 9 heteroatoms. The van der Waals surface area contributed by atoms with Crippen LogP contribution in [0.2, 0.25) is 0 Å². The van der Waals surface area contributed by atoms with Gasteiger partial charge < -0.3 is 37.1 Å². The molecular formula is C29H61N5O4. The van der Waals surface area contributed by atoms with Crippen LogP contribution >= 0.6 is 0 Å². The van der Waals surface area contributed by atoms with E-state index in [1.54, 1.807) is 6.20 Å². The summed E-state index contributed by atoms with van der Waals surface area (Å²) in [6, 6.07) is -0.703. The molecule has 0 bridgehead atoms. The number of hydrogen-bond acceptors (Lipinski definition) is 9. The Morgan fingerprint density at radius 1 is 0.947 bits per heavy atom. The molecule has 0 aromatic carbocycles. The van der Waals surface area contributed by atoms with Gasteiger partial charge in [-0.05, 0) is 70.3 Å². The third-order valence-electron chi connectivity index (χ3n) is 6.32. The monoisotopic (exact) mass is 543 g/mol. The smallest absolute Gasteiger partial charge is 0.120 e. The molecule has 1 saturated carbocycles. The van der Waals surface area contributed by atoms with E-state index >= 15 is 0 Å². The Morgan fingerprint density at radius 3 is 2.05 bits per heavy atom. The van der Waals surface area contributed by atoms with Gasteiger partial charge in [0.15, 0.2) is 0 Å². The normalized spacial score (nSPS) is 20.9. The van der Waals surface area contributed by atoms with Crippen LogP contribution in [0.4, 0.5) is 0 Å². The van der Waals surface area contributed by atoms with E-state index in [1.165, 1.54) is 19.3 Å². The third-order valence-corrected chi connectivity index (χ3v) is 6.32. The van der Waals surface area contributed by atoms with Crippen molar-refractivity contribution < 1.29 is 14.6 Å². The van der Waals surface area contributed by atoms with Gasteiger partial charge in [0.05, 0.1) is 6.04 Å². The molecule has 9 nitrogen and oxygen atoms in total. The van der Waals surface area contributed by atoms with Gasteiger partial charge in [0.25, 0.3) is 0 Å². The van der Waals surface area contributed by atoms with Crippen molar-refractivity contribution in [3.63, 3.8) is 0 Å². The van der Waals surface area contributed by atoms with Gasteiger partial charge in [-0.1, -0.05) is 58.7 Å². The molecule has 0 saturated heterocycles. The first-order valence-corrected chi connectivity index (χ1v) is 14.8. The predicted octanol–water partition coefficient (Wildman–Crippen LogP) is 5.07. The average molecular weight is 544 g/mol. The molecule has 0 radical (unpaired) electrons. The summed E-state index contributed by atoms with van der Waals surface area (Å²) >= 11 is 0. The van der Waals surface area contributed by atoms with E-state index in [1.807, 2.05) is 0 Å². The fourth-order valence-corrected chi connectivity index (χ4v) is 3.59. The topological polar surface area (TPSA) is 158 Å². The lowest BCUT2D eigenvalue weighted by molar-refractivity contribution is 0.0517. The molecule has 0 spiro atoms. The Kier molecular flexibility index (Phi) is 28.7. The van der Waals surface area contributed by atoms with Crippen molar-refractivity contribution in [2.45, 2.75) is 123 Å². The van der Waals surface area contributed by atoms with Crippen LogP contribution in [0.1, 0.15) is 105 Å². The molecule has 0 aromatic heterocycles. The van der Waals surface area contributed by atoms with Crippen LogP contribution in [0.3, 0.4) is 0 Å². The van der Waals surface area contributed by atoms with Crippen LogP contribution < -0.4 is 22.5 Å². The molecule has 226 valence electrons. The second kappa shape index (κ2) is 28.3. The van der Waals surface area contributed by atoms with Gasteiger partial charge in [-0.15, -0.1) is 0 Å². The summed E-state index contributed by atoms with van der Waals surface area (Å²) in [4.78, 5) is 10.8. The number of nitrogens with two attached hydrogens (primary N) is 3. The lowest BCUT2D eigenvalue weighted by Gasteiger charge is -2.36. The number of hydrogen-bond donors (Lipinski definition) is 5. The third kappa shape index (κ3) is 23.4. The van der Waals surface area contributed by atoms with Gasteiger partial charge in [0, 0.05) is 44.0 Å². The van der Waals surface area contributed by atoms with Crippen molar-refractivity contribution in [3.05, 3.63) is 29.1 Å². The lowest BCUT2D eigenvalue weighted by Crippen LogP contribution is -2.51. The van der Waals surface area contributed by atoms with Gasteiger partial charge in [0.2, 0.25) is 0 Å². The highest BCUT2D eigenvalue weighted by Crippen LogP contribution is 2.27. The zero-order valence-electron chi connectivity index (χ0n) is 25.0. The molecule has 4 atom stereocenters. The molecular weight excluding hydrogens is 482 g/mol. The molecule has 0 heterocycles. The Hall–Kier alpha value is -1.68. The van der Waals surface area contributed by atoms with E-state index in [9.17, 15) is 10.0 Å². The Morgan fingerprint density at radius 2 is 1.55 bits per heavy atom. The maximum atomic E-state index is 10.8. The SMILES string of the molecule is C=C(N)CCCN.CCCC.CCCCOCCCOCCCC/C(N)=C/NC1C(C)CCC(N=O)C1O. The minimum absolute atomic E-state index is 0.178. The summed E-state index contributed by atoms with van der Waals surface area (Å²) in [5, 5.41) is 16.5. The lowest BCUT2D eigenvalue weighted by atomic mass is 9.81. The fourth-order valence-electron chi connectivity index (χ4n) is 3.59. The fraction of sp³-hybridized carbons (Fsp3) is 0.862. The molecule has 8 N–H and O–H groups in total. The zero-order chi connectivity index (χ0) is 29.0. The highest BCUT2D eigenvalue weighted by molar-refractivity contribution is 5.01. The van der Waals surface area contributed by atoms with Crippen molar-refractivity contribution >= 4 is 0 Å². The number of nitroso groups, excluding NO2 is 1. The number of allylic oxidation sites excluding steroid dienone is 2. The Labute approximate surface area is 233 Å². The molecule has 4 unspecified atom stereocenters. The van der Waals surface area contributed by atoms with E-state index < -0.39 is 12.1 Å². The van der Waals surface area contributed by atoms with Crippen LogP contribution in [-0.4, -0.2) is 56.3 Å². The van der Waals surface area contributed by atoms with Crippen LogP contribution in [0.15, 0.2) is 29.3 Å². The number of aliphatic hydroxyl groups excluding tert-OH is 1. The van der Waals surface area contributed by atoms with Gasteiger partial charge in [-0.3, -0.25) is 0 Å². The second-order valence-corrected chi connectivity index (χ2v) is 10.1. The first kappa shape index (κ1) is 38.5. The van der Waals surface area contributed by atoms with Crippen LogP contribution in [0.5, 0.6) is 0 Å². The highest BCUT2D eigenvalue weighted by atomic mass is 16.5. The standard InChI is InChI=1S/C20H39N3O4.C5H12N2.C4H10/c1-3-4-11-26-13-7-14-27-12-6-5-8-17(21)15-22-19-16(2)9-10-18(23-25)20(19)24;1-5(7)3-2-4-6;1-3-4-2/h15-16,18-20,22,24H,3-14,21H2,1-2H3;1-4,6-7H2;3-4H2,1-2H3/b17-15-;;. The Bertz CT molecular complexity index is 575. The predicted molar refractivity (Wildman–Crippen MR) is 160 cm³/mol. The molecule has 0 amide bonds. The number of nitrogens with zero attached hydrogens (tertiary/aromatic N) is 1. The maximum Gasteiger partial charge on any atom is 0.120 e. The summed E-state index contributed by atoms with van der Waals surface area (Å²) in [5.74, 6) is 0.279. The van der Waals surface area contributed by atoms with E-state index in [2.05, 4.69) is 44.8 Å². The zero-order valence-corrected chi connectivity index (χ0v) is 25.0. The molecule has 1 aliphatic rings. The first-order valence-electron chi connectivity index (χ1n) is 14.8. The summed E-state index contributed by atoms with van der Waals surface area (Å²) in [5.41, 5.74) is 17.9. The van der Waals surface area contributed by atoms with E-state index in [0.29, 0.717) is 13.0 Å². The maximum absolute atomic E-state index is 10.8. The van der Waals surface area contributed by atoms with Gasteiger partial charge >= 0.3 is 0 Å². The molecule has 0 aromatic rings. The van der Waals surface area contributed by atoms with E-state index in [-0.39, 0.29) is 12.0 Å². The first-order chi connectivity index (χ1) is 18.3. The summed E-state index contributed by atoms with van der Waals surface area (Å²) in [6.45, 7) is 15.9. The Balaban J connectivity index is 0. The quantitative estimate of drug-likeness (QED) is 0.112. The second-order valence-electron chi connectivity index (χ2n) is 10.1. The van der Waals surface area contributed by atoms with Crippen LogP contribution in [-0.2, 0) is 9.47 Å². The minimum Gasteiger partial charge on any atom is -0.403 e. The summed E-state index contributed by atoms with van der Waals surface area (Å²) < 4.78 is 11.1. The molecule has 38 heavy (non-hydrogen) atoms. The number of nitrogens with one attached hydrogen (secondary N) is 1. The number of ether oxygens (including phenoxy) is 2. The van der Waals surface area contributed by atoms with Crippen LogP contribution in [0.25, 0.3) is 0 Å². The summed E-state index contributed by atoms with van der Waals surface area (Å²) in [6.07, 6.45) is 12.9. The van der Waals surface area contributed by atoms with Crippen LogP contribution in [0, 0.1) is 10.8 Å². The minimum atomic E-state index is -0.755. The number of rotatable bonds is 19. The largest absolute Gasteiger partial charge is 0.403 e. The van der Waals surface area contributed by atoms with Crippen molar-refractivity contribution in [2.24, 2.45) is 28.3 Å². The van der Waals surface area contributed by atoms with E-state index in [0.717, 1.165) is 89.2 Å². The van der Waals surface area contributed by atoms with E-state index in [4.69, 9.17) is 26.7 Å². The van der Waals surface area contributed by atoms with Crippen molar-refractivity contribution in [2.75, 3.05) is 33.0 Å². The number of aliphatic hydroxyl groups is 1. The molecule has 1 rings (SSSR count). The van der Waals surface area contributed by atoms with Crippen molar-refractivity contribution in [3.8, 4) is 0 Å². The van der Waals surface area contributed by atoms with Gasteiger partial charge in [-0.2, -0.15) is 4.91 Å². The van der Waals surface area contributed by atoms with Gasteiger partial charge in [0.1, 0.15) is 12.1 Å². The number of unbranched alkanes of at least 4 members (excludes halogenated alkanes) is 3. The van der Waals surface area contributed by atoms with Crippen molar-refractivity contribution in [1.82, 2.24) is 5.32 Å². The molecule has 1 aliphatic carbocycles. The highest BCUT2D eigenvalue weighted by Gasteiger charge is 2.36. The van der Waals surface area contributed by atoms with Gasteiger partial charge in [-0.25, -0.2) is 0 Å². The van der Waals surface area contributed by atoms with Crippen molar-refractivity contribution in [1.29, 1.82) is 0 Å². The molecule has 1 fully saturated rings. The summed E-state index contributed by atoms with van der Waals surface area (Å²) in [7, 11) is 0. The average Bonchev–Trinajstić information content (AvgIpc) is 2.91. The molecule has 0 aliphatic heterocycles.